The van der Waals surface area contributed by atoms with Crippen LogP contribution in [0.25, 0.3) is 0 Å². The molecule has 0 bridgehead atoms. The van der Waals surface area contributed by atoms with E-state index in [0.717, 1.165) is 23.4 Å². The molecule has 2 atom stereocenters. The van der Waals surface area contributed by atoms with Gasteiger partial charge in [-0.15, -0.1) is 0 Å². The number of benzene rings is 1. The minimum atomic E-state index is -4.49. The Morgan fingerprint density at radius 2 is 1.56 bits per heavy atom. The van der Waals surface area contributed by atoms with Gasteiger partial charge in [-0.05, 0) is 48.0 Å². The fraction of sp³-hybridized carbons (Fsp3) is 0.676. The third kappa shape index (κ3) is 7.43. The second-order valence-corrected chi connectivity index (χ2v) is 14.2. The molecule has 1 aromatic carbocycles. The van der Waals surface area contributed by atoms with Crippen LogP contribution in [0, 0.1) is 10.8 Å². The molecule has 1 aromatic heterocycles. The Balaban J connectivity index is 0.000000566. The van der Waals surface area contributed by atoms with E-state index in [1.165, 1.54) is 18.6 Å². The Morgan fingerprint density at radius 1 is 1.02 bits per heavy atom. The maximum Gasteiger partial charge on any atom is 0.416 e. The number of halogens is 3. The van der Waals surface area contributed by atoms with Crippen molar-refractivity contribution < 1.29 is 32.9 Å². The third-order valence-corrected chi connectivity index (χ3v) is 8.72. The molecule has 0 saturated carbocycles. The summed E-state index contributed by atoms with van der Waals surface area (Å²) < 4.78 is 51.9. The molecule has 0 amide bonds. The van der Waals surface area contributed by atoms with Crippen LogP contribution in [0.4, 0.5) is 13.2 Å². The second kappa shape index (κ2) is 13.0. The molecule has 0 radical (unpaired) electrons. The van der Waals surface area contributed by atoms with E-state index in [4.69, 9.17) is 14.5 Å². The van der Waals surface area contributed by atoms with Gasteiger partial charge >= 0.3 is 6.18 Å². The van der Waals surface area contributed by atoms with Crippen LogP contribution in [-0.4, -0.2) is 34.7 Å². The van der Waals surface area contributed by atoms with E-state index in [1.807, 2.05) is 13.8 Å². The highest BCUT2D eigenvalue weighted by molar-refractivity contribution is 7.79. The number of ether oxygens (including phenoxy) is 2. The Morgan fingerprint density at radius 3 is 2.02 bits per heavy atom. The summed E-state index contributed by atoms with van der Waals surface area (Å²) in [5, 5.41) is 23.5. The van der Waals surface area contributed by atoms with E-state index in [2.05, 4.69) is 54.2 Å². The maximum atomic E-state index is 13.2. The number of aliphatic hydroxyl groups is 2. The zero-order valence-electron chi connectivity index (χ0n) is 27.2. The number of thiol groups is 1. The smallest absolute Gasteiger partial charge is 0.388 e. The standard InChI is InChI=1S/C27H32F3NO4.C6H14.CH4S/c1-15(2)23-22-21(20-18(31-23)13-24(3,4)14-19(20)32)25(9-11-34-12-10-25)35-26(22,33)16-5-7-17(8-6-16)27(28,29)30;1-5-6(2,3)4;1-2/h5-8,15,19,32-33H,9-14H2,1-4H3;5H2,1-4H3;2H,1H3. The summed E-state index contributed by atoms with van der Waals surface area (Å²) in [7, 11) is 0. The van der Waals surface area contributed by atoms with E-state index < -0.39 is 29.2 Å². The van der Waals surface area contributed by atoms with Crippen LogP contribution in [0.3, 0.4) is 0 Å². The first-order valence-corrected chi connectivity index (χ1v) is 16.1. The summed E-state index contributed by atoms with van der Waals surface area (Å²) in [5.74, 6) is -2.08. The summed E-state index contributed by atoms with van der Waals surface area (Å²) >= 11 is 3.53. The molecule has 2 unspecified atom stereocenters. The fourth-order valence-corrected chi connectivity index (χ4v) is 6.07. The van der Waals surface area contributed by atoms with Crippen LogP contribution in [0.5, 0.6) is 0 Å². The molecule has 1 saturated heterocycles. The zero-order valence-corrected chi connectivity index (χ0v) is 28.0. The Labute approximate surface area is 261 Å². The lowest BCUT2D eigenvalue weighted by Gasteiger charge is -2.40. The molecule has 242 valence electrons. The van der Waals surface area contributed by atoms with Crippen LogP contribution in [0.2, 0.25) is 0 Å². The van der Waals surface area contributed by atoms with E-state index in [9.17, 15) is 23.4 Å². The van der Waals surface area contributed by atoms with Gasteiger partial charge in [-0.2, -0.15) is 25.8 Å². The Hall–Kier alpha value is -1.65. The molecular weight excluding hydrogens is 575 g/mol. The molecule has 2 aromatic rings. The number of alkyl halides is 3. The van der Waals surface area contributed by atoms with Crippen molar-refractivity contribution in [3.05, 3.63) is 63.5 Å². The van der Waals surface area contributed by atoms with Crippen LogP contribution in [-0.2, 0) is 33.5 Å². The number of fused-ring (bicyclic) bond motifs is 4. The predicted molar refractivity (Wildman–Crippen MR) is 167 cm³/mol. The Bertz CT molecular complexity index is 1250. The largest absolute Gasteiger partial charge is 0.416 e. The first kappa shape index (κ1) is 35.8. The molecule has 43 heavy (non-hydrogen) atoms. The predicted octanol–water partition coefficient (Wildman–Crippen LogP) is 8.45. The zero-order chi connectivity index (χ0) is 32.6. The topological polar surface area (TPSA) is 71.8 Å². The lowest BCUT2D eigenvalue weighted by Crippen LogP contribution is -2.39. The molecule has 1 fully saturated rings. The summed E-state index contributed by atoms with van der Waals surface area (Å²) in [6.07, 6.45) is -0.155. The quantitative estimate of drug-likeness (QED) is 0.292. The second-order valence-electron chi connectivity index (χ2n) is 14.2. The molecule has 3 aliphatic rings. The van der Waals surface area contributed by atoms with Crippen molar-refractivity contribution in [2.24, 2.45) is 10.8 Å². The van der Waals surface area contributed by atoms with Gasteiger partial charge in [-0.25, -0.2) is 0 Å². The highest BCUT2D eigenvalue weighted by Gasteiger charge is 2.58. The molecule has 9 heteroatoms. The van der Waals surface area contributed by atoms with Crippen LogP contribution in [0.15, 0.2) is 24.3 Å². The van der Waals surface area contributed by atoms with Gasteiger partial charge in [0.15, 0.2) is 0 Å². The van der Waals surface area contributed by atoms with Gasteiger partial charge in [0.25, 0.3) is 0 Å². The minimum Gasteiger partial charge on any atom is -0.388 e. The minimum absolute atomic E-state index is 0.0872. The molecule has 1 spiro atoms. The van der Waals surface area contributed by atoms with Gasteiger partial charge in [0, 0.05) is 54.0 Å². The van der Waals surface area contributed by atoms with Gasteiger partial charge in [0.05, 0.1) is 17.4 Å². The number of rotatable bonds is 2. The number of aromatic nitrogens is 1. The molecule has 2 N–H and O–H groups in total. The maximum absolute atomic E-state index is 13.2. The summed E-state index contributed by atoms with van der Waals surface area (Å²) in [5.41, 5.74) is 2.26. The van der Waals surface area contributed by atoms with E-state index in [1.54, 1.807) is 6.26 Å². The lowest BCUT2D eigenvalue weighted by atomic mass is 9.69. The van der Waals surface area contributed by atoms with Gasteiger partial charge in [0.1, 0.15) is 5.60 Å². The highest BCUT2D eigenvalue weighted by Crippen LogP contribution is 2.59. The Kier molecular flexibility index (Phi) is 10.8. The number of aliphatic hydroxyl groups excluding tert-OH is 1. The van der Waals surface area contributed by atoms with Gasteiger partial charge < -0.3 is 19.7 Å². The normalized spacial score (nSPS) is 24.0. The SMILES string of the molecule is CC(C)c1nc2c(c3c1C(O)(c1ccc(C(F)(F)F)cc1)OC31CCOCC1)C(O)CC(C)(C)C2.CCC(C)(C)C.CS. The summed E-state index contributed by atoms with van der Waals surface area (Å²) in [6, 6.07) is 4.47. The number of nitrogens with zero attached hydrogens (tertiary/aromatic N) is 1. The van der Waals surface area contributed by atoms with Crippen molar-refractivity contribution >= 4 is 12.6 Å². The first-order valence-electron chi connectivity index (χ1n) is 15.2. The van der Waals surface area contributed by atoms with Crippen LogP contribution >= 0.6 is 12.6 Å². The molecule has 5 rings (SSSR count). The van der Waals surface area contributed by atoms with Gasteiger partial charge in [0.2, 0.25) is 5.79 Å². The van der Waals surface area contributed by atoms with E-state index >= 15 is 0 Å². The van der Waals surface area contributed by atoms with Crippen LogP contribution < -0.4 is 0 Å². The summed E-state index contributed by atoms with van der Waals surface area (Å²) in [6.45, 7) is 17.9. The van der Waals surface area contributed by atoms with E-state index in [-0.39, 0.29) is 16.9 Å². The molecule has 5 nitrogen and oxygen atoms in total. The van der Waals surface area contributed by atoms with Crippen molar-refractivity contribution in [2.75, 3.05) is 19.5 Å². The van der Waals surface area contributed by atoms with E-state index in [0.29, 0.717) is 61.1 Å². The van der Waals surface area contributed by atoms with Crippen molar-refractivity contribution in [3.63, 3.8) is 0 Å². The van der Waals surface area contributed by atoms with Crippen molar-refractivity contribution in [1.29, 1.82) is 0 Å². The monoisotopic (exact) mass is 625 g/mol. The highest BCUT2D eigenvalue weighted by atomic mass is 32.1. The third-order valence-electron chi connectivity index (χ3n) is 8.72. The number of hydrogen-bond acceptors (Lipinski definition) is 6. The van der Waals surface area contributed by atoms with Crippen molar-refractivity contribution in [2.45, 2.75) is 117 Å². The van der Waals surface area contributed by atoms with Crippen LogP contribution in [0.1, 0.15) is 132 Å². The summed E-state index contributed by atoms with van der Waals surface area (Å²) in [4.78, 5) is 4.97. The number of pyridine rings is 1. The molecular formula is C34H50F3NO4S. The lowest BCUT2D eigenvalue weighted by molar-refractivity contribution is -0.251. The van der Waals surface area contributed by atoms with Gasteiger partial charge in [-0.3, -0.25) is 4.98 Å². The molecule has 1 aliphatic carbocycles. The van der Waals surface area contributed by atoms with Gasteiger partial charge in [-0.1, -0.05) is 73.9 Å². The molecule has 2 aliphatic heterocycles. The van der Waals surface area contributed by atoms with Crippen molar-refractivity contribution in [1.82, 2.24) is 4.98 Å². The number of hydrogen-bond donors (Lipinski definition) is 3. The average Bonchev–Trinajstić information content (AvgIpc) is 3.17. The van der Waals surface area contributed by atoms with Crippen molar-refractivity contribution in [3.8, 4) is 0 Å². The average molecular weight is 626 g/mol. The first-order chi connectivity index (χ1) is 19.8. The fourth-order valence-electron chi connectivity index (χ4n) is 6.07. The molecule has 3 heterocycles.